The normalized spacial score (nSPS) is 12.6. The molecule has 0 radical (unpaired) electrons. The van der Waals surface area contributed by atoms with Gasteiger partial charge in [-0.15, -0.1) is 11.3 Å². The van der Waals surface area contributed by atoms with Gasteiger partial charge in [0.1, 0.15) is 5.82 Å². The summed E-state index contributed by atoms with van der Waals surface area (Å²) >= 11 is 4.91. The number of thiophene rings is 1. The molecule has 3 rings (SSSR count). The molecule has 0 aliphatic heterocycles. The molecule has 20 heavy (non-hydrogen) atoms. The summed E-state index contributed by atoms with van der Waals surface area (Å²) < 4.78 is 15.7. The Bertz CT molecular complexity index is 756. The van der Waals surface area contributed by atoms with Crippen LogP contribution >= 0.6 is 27.3 Å². The van der Waals surface area contributed by atoms with E-state index in [4.69, 9.17) is 0 Å². The summed E-state index contributed by atoms with van der Waals surface area (Å²) in [5.74, 6) is -0.267. The van der Waals surface area contributed by atoms with Crippen LogP contribution in [0, 0.1) is 5.82 Å². The number of benzene rings is 1. The number of hydrogen-bond donors (Lipinski definition) is 1. The monoisotopic (exact) mass is 350 g/mol. The molecule has 0 fully saturated rings. The van der Waals surface area contributed by atoms with Gasteiger partial charge in [-0.1, -0.05) is 15.9 Å². The molecular formula is C15H12BrFN2S. The first-order valence-electron chi connectivity index (χ1n) is 6.18. The predicted molar refractivity (Wildman–Crippen MR) is 85.8 cm³/mol. The van der Waals surface area contributed by atoms with E-state index in [9.17, 15) is 4.39 Å². The van der Waals surface area contributed by atoms with Crippen LogP contribution in [0.5, 0.6) is 0 Å². The summed E-state index contributed by atoms with van der Waals surface area (Å²) in [5, 5.41) is 5.20. The fourth-order valence-electron chi connectivity index (χ4n) is 2.02. The van der Waals surface area contributed by atoms with Crippen molar-refractivity contribution < 1.29 is 4.39 Å². The van der Waals surface area contributed by atoms with Crippen LogP contribution in [0.3, 0.4) is 0 Å². The Morgan fingerprint density at radius 1 is 1.30 bits per heavy atom. The van der Waals surface area contributed by atoms with Crippen molar-refractivity contribution in [1.82, 2.24) is 4.98 Å². The van der Waals surface area contributed by atoms with Gasteiger partial charge in [-0.2, -0.15) is 0 Å². The Morgan fingerprint density at radius 3 is 2.95 bits per heavy atom. The van der Waals surface area contributed by atoms with Crippen molar-refractivity contribution in [2.24, 2.45) is 0 Å². The molecule has 2 nitrogen and oxygen atoms in total. The average Bonchev–Trinajstić information content (AvgIpc) is 2.89. The molecular weight excluding hydrogens is 339 g/mol. The molecule has 0 spiro atoms. The number of fused-ring (bicyclic) bond motifs is 1. The number of rotatable bonds is 3. The van der Waals surface area contributed by atoms with Crippen molar-refractivity contribution in [2.75, 3.05) is 5.32 Å². The number of hydrogen-bond acceptors (Lipinski definition) is 3. The highest BCUT2D eigenvalue weighted by Crippen LogP contribution is 2.26. The number of pyridine rings is 1. The number of aromatic nitrogens is 1. The molecule has 1 unspecified atom stereocenters. The van der Waals surface area contributed by atoms with Crippen molar-refractivity contribution in [2.45, 2.75) is 13.0 Å². The highest BCUT2D eigenvalue weighted by atomic mass is 79.9. The first-order chi connectivity index (χ1) is 9.63. The molecule has 0 aliphatic carbocycles. The second-order valence-corrected chi connectivity index (χ2v) is 6.43. The Labute approximate surface area is 128 Å². The molecule has 0 bridgehead atoms. The van der Waals surface area contributed by atoms with E-state index in [1.165, 1.54) is 6.07 Å². The third kappa shape index (κ3) is 2.69. The largest absolute Gasteiger partial charge is 0.376 e. The lowest BCUT2D eigenvalue weighted by molar-refractivity contribution is 0.626. The zero-order valence-corrected chi connectivity index (χ0v) is 13.1. The van der Waals surface area contributed by atoms with Gasteiger partial charge in [0.15, 0.2) is 0 Å². The Kier molecular flexibility index (Phi) is 3.72. The molecule has 0 saturated heterocycles. The molecule has 1 N–H and O–H groups in total. The number of nitrogens with zero attached hydrogens (tertiary/aromatic N) is 1. The molecule has 1 aromatic carbocycles. The summed E-state index contributed by atoms with van der Waals surface area (Å²) in [6.45, 7) is 2.00. The van der Waals surface area contributed by atoms with E-state index in [1.54, 1.807) is 17.4 Å². The SMILES string of the molecule is CC(Nc1ccc(Br)cc1F)c1cnc2ccsc2c1. The summed E-state index contributed by atoms with van der Waals surface area (Å²) in [6, 6.07) is 9.09. The zero-order valence-electron chi connectivity index (χ0n) is 10.7. The van der Waals surface area contributed by atoms with Gasteiger partial charge in [-0.3, -0.25) is 4.98 Å². The van der Waals surface area contributed by atoms with Gasteiger partial charge in [0.2, 0.25) is 0 Å². The molecule has 1 atom stereocenters. The number of nitrogens with one attached hydrogen (secondary N) is 1. The molecule has 0 amide bonds. The van der Waals surface area contributed by atoms with Gasteiger partial charge in [-0.25, -0.2) is 4.39 Å². The first kappa shape index (κ1) is 13.5. The maximum absolute atomic E-state index is 13.8. The van der Waals surface area contributed by atoms with E-state index in [-0.39, 0.29) is 11.9 Å². The van der Waals surface area contributed by atoms with Crippen LogP contribution in [0.25, 0.3) is 10.2 Å². The molecule has 0 saturated carbocycles. The van der Waals surface area contributed by atoms with Gasteiger partial charge in [-0.05, 0) is 48.2 Å². The fourth-order valence-corrected chi connectivity index (χ4v) is 3.14. The van der Waals surface area contributed by atoms with Crippen molar-refractivity contribution in [3.63, 3.8) is 0 Å². The van der Waals surface area contributed by atoms with E-state index in [2.05, 4.69) is 32.3 Å². The maximum atomic E-state index is 13.8. The van der Waals surface area contributed by atoms with E-state index >= 15 is 0 Å². The van der Waals surface area contributed by atoms with Crippen LogP contribution in [0.1, 0.15) is 18.5 Å². The van der Waals surface area contributed by atoms with Crippen LogP contribution in [0.15, 0.2) is 46.4 Å². The van der Waals surface area contributed by atoms with Gasteiger partial charge in [0, 0.05) is 10.7 Å². The summed E-state index contributed by atoms with van der Waals surface area (Å²) in [6.07, 6.45) is 1.84. The molecule has 2 heterocycles. The molecule has 2 aromatic heterocycles. The Morgan fingerprint density at radius 2 is 2.15 bits per heavy atom. The van der Waals surface area contributed by atoms with Crippen LogP contribution in [-0.4, -0.2) is 4.98 Å². The average molecular weight is 351 g/mol. The van der Waals surface area contributed by atoms with E-state index in [0.717, 1.165) is 20.3 Å². The summed E-state index contributed by atoms with van der Waals surface area (Å²) in [5.41, 5.74) is 2.54. The third-order valence-electron chi connectivity index (χ3n) is 3.13. The minimum absolute atomic E-state index is 0.00956. The van der Waals surface area contributed by atoms with Gasteiger partial charge >= 0.3 is 0 Å². The molecule has 102 valence electrons. The minimum atomic E-state index is -0.267. The summed E-state index contributed by atoms with van der Waals surface area (Å²) in [4.78, 5) is 4.41. The van der Waals surface area contributed by atoms with E-state index in [0.29, 0.717) is 5.69 Å². The second kappa shape index (κ2) is 5.50. The fraction of sp³-hybridized carbons (Fsp3) is 0.133. The lowest BCUT2D eigenvalue weighted by Gasteiger charge is -2.16. The standard InChI is InChI=1S/C15H12BrFN2S/c1-9(19-13-3-2-11(16)7-12(13)17)10-6-15-14(18-8-10)4-5-20-15/h2-9,19H,1H3. The van der Waals surface area contributed by atoms with Crippen LogP contribution < -0.4 is 5.32 Å². The summed E-state index contributed by atoms with van der Waals surface area (Å²) in [7, 11) is 0. The molecule has 5 heteroatoms. The highest BCUT2D eigenvalue weighted by molar-refractivity contribution is 9.10. The van der Waals surface area contributed by atoms with Gasteiger partial charge in [0.25, 0.3) is 0 Å². The number of anilines is 1. The van der Waals surface area contributed by atoms with Gasteiger partial charge < -0.3 is 5.32 Å². The molecule has 0 aliphatic rings. The lowest BCUT2D eigenvalue weighted by atomic mass is 10.1. The lowest BCUT2D eigenvalue weighted by Crippen LogP contribution is -2.08. The zero-order chi connectivity index (χ0) is 14.1. The van der Waals surface area contributed by atoms with E-state index < -0.39 is 0 Å². The molecule has 3 aromatic rings. The topological polar surface area (TPSA) is 24.9 Å². The Balaban J connectivity index is 1.86. The van der Waals surface area contributed by atoms with Crippen molar-refractivity contribution in [3.8, 4) is 0 Å². The number of halogens is 2. The smallest absolute Gasteiger partial charge is 0.147 e. The quantitative estimate of drug-likeness (QED) is 0.686. The third-order valence-corrected chi connectivity index (χ3v) is 4.47. The maximum Gasteiger partial charge on any atom is 0.147 e. The van der Waals surface area contributed by atoms with E-state index in [1.807, 2.05) is 30.6 Å². The van der Waals surface area contributed by atoms with Crippen LogP contribution in [-0.2, 0) is 0 Å². The second-order valence-electron chi connectivity index (χ2n) is 4.56. The van der Waals surface area contributed by atoms with Crippen molar-refractivity contribution in [1.29, 1.82) is 0 Å². The van der Waals surface area contributed by atoms with Gasteiger partial charge in [0.05, 0.1) is 21.9 Å². The first-order valence-corrected chi connectivity index (χ1v) is 7.85. The minimum Gasteiger partial charge on any atom is -0.376 e. The van der Waals surface area contributed by atoms with Crippen molar-refractivity contribution in [3.05, 3.63) is 57.8 Å². The highest BCUT2D eigenvalue weighted by Gasteiger charge is 2.10. The van der Waals surface area contributed by atoms with Crippen molar-refractivity contribution >= 4 is 43.2 Å². The predicted octanol–water partition coefficient (Wildman–Crippen LogP) is 5.37. The Hall–Kier alpha value is -1.46. The van der Waals surface area contributed by atoms with Crippen LogP contribution in [0.4, 0.5) is 10.1 Å². The van der Waals surface area contributed by atoms with Crippen LogP contribution in [0.2, 0.25) is 0 Å².